The fourth-order valence-corrected chi connectivity index (χ4v) is 2.52. The van der Waals surface area contributed by atoms with E-state index in [0.717, 1.165) is 12.0 Å². The number of amides is 1. The van der Waals surface area contributed by atoms with Gasteiger partial charge >= 0.3 is 0 Å². The SMILES string of the molecule is CCCC(C)(N)C(=O)N(C)C(C)c1ccccc1Cl. The van der Waals surface area contributed by atoms with Crippen molar-refractivity contribution in [3.05, 3.63) is 34.9 Å². The van der Waals surface area contributed by atoms with Gasteiger partial charge in [-0.1, -0.05) is 43.1 Å². The van der Waals surface area contributed by atoms with Gasteiger partial charge in [0.1, 0.15) is 0 Å². The average molecular weight is 283 g/mol. The van der Waals surface area contributed by atoms with Crippen LogP contribution < -0.4 is 5.73 Å². The molecule has 106 valence electrons. The Labute approximate surface area is 120 Å². The highest BCUT2D eigenvalue weighted by Crippen LogP contribution is 2.28. The van der Waals surface area contributed by atoms with Crippen LogP contribution in [0.15, 0.2) is 24.3 Å². The third-order valence-electron chi connectivity index (χ3n) is 3.51. The van der Waals surface area contributed by atoms with Gasteiger partial charge in [0.15, 0.2) is 0 Å². The molecule has 1 rings (SSSR count). The molecule has 0 aliphatic rings. The lowest BCUT2D eigenvalue weighted by Crippen LogP contribution is -2.52. The normalized spacial score (nSPS) is 15.7. The lowest BCUT2D eigenvalue weighted by Gasteiger charge is -2.33. The number of carbonyl (C=O) groups excluding carboxylic acids is 1. The maximum atomic E-state index is 12.4. The van der Waals surface area contributed by atoms with Gasteiger partial charge in [0.05, 0.1) is 11.6 Å². The molecule has 0 spiro atoms. The van der Waals surface area contributed by atoms with E-state index in [-0.39, 0.29) is 11.9 Å². The molecule has 0 saturated carbocycles. The van der Waals surface area contributed by atoms with E-state index in [2.05, 4.69) is 0 Å². The van der Waals surface area contributed by atoms with Crippen LogP contribution >= 0.6 is 11.6 Å². The van der Waals surface area contributed by atoms with Crippen LogP contribution in [0.5, 0.6) is 0 Å². The number of benzene rings is 1. The van der Waals surface area contributed by atoms with Crippen molar-refractivity contribution in [3.63, 3.8) is 0 Å². The molecule has 1 aromatic rings. The maximum absolute atomic E-state index is 12.4. The van der Waals surface area contributed by atoms with Crippen molar-refractivity contribution < 1.29 is 4.79 Å². The van der Waals surface area contributed by atoms with E-state index in [1.54, 1.807) is 18.9 Å². The summed E-state index contributed by atoms with van der Waals surface area (Å²) in [4.78, 5) is 14.1. The average Bonchev–Trinajstić information content (AvgIpc) is 2.36. The zero-order valence-electron chi connectivity index (χ0n) is 12.1. The van der Waals surface area contributed by atoms with E-state index in [1.807, 2.05) is 38.1 Å². The molecule has 19 heavy (non-hydrogen) atoms. The molecule has 1 amide bonds. The molecular formula is C15H23ClN2O. The van der Waals surface area contributed by atoms with Gasteiger partial charge in [0, 0.05) is 12.1 Å². The van der Waals surface area contributed by atoms with Crippen molar-refractivity contribution in [1.82, 2.24) is 4.90 Å². The molecule has 2 N–H and O–H groups in total. The smallest absolute Gasteiger partial charge is 0.242 e. The van der Waals surface area contributed by atoms with Crippen LogP contribution in [-0.2, 0) is 4.79 Å². The number of hydrogen-bond acceptors (Lipinski definition) is 2. The first-order chi connectivity index (χ1) is 8.81. The molecule has 0 aliphatic carbocycles. The number of likely N-dealkylation sites (N-methyl/N-ethyl adjacent to an activating group) is 1. The summed E-state index contributed by atoms with van der Waals surface area (Å²) in [6, 6.07) is 7.47. The highest BCUT2D eigenvalue weighted by molar-refractivity contribution is 6.31. The third-order valence-corrected chi connectivity index (χ3v) is 3.86. The Morgan fingerprint density at radius 2 is 2.05 bits per heavy atom. The van der Waals surface area contributed by atoms with Crippen molar-refractivity contribution in [2.75, 3.05) is 7.05 Å². The van der Waals surface area contributed by atoms with Gasteiger partial charge in [-0.05, 0) is 31.9 Å². The summed E-state index contributed by atoms with van der Waals surface area (Å²) in [7, 11) is 1.77. The molecule has 0 aliphatic heterocycles. The minimum Gasteiger partial charge on any atom is -0.337 e. The third kappa shape index (κ3) is 3.71. The summed E-state index contributed by atoms with van der Waals surface area (Å²) >= 11 is 6.17. The van der Waals surface area contributed by atoms with Crippen LogP contribution in [0.3, 0.4) is 0 Å². The van der Waals surface area contributed by atoms with Crippen LogP contribution in [-0.4, -0.2) is 23.4 Å². The first-order valence-corrected chi connectivity index (χ1v) is 6.99. The molecular weight excluding hydrogens is 260 g/mol. The van der Waals surface area contributed by atoms with Crippen molar-refractivity contribution >= 4 is 17.5 Å². The predicted octanol–water partition coefficient (Wildman–Crippen LogP) is 3.38. The lowest BCUT2D eigenvalue weighted by atomic mass is 9.94. The first kappa shape index (κ1) is 16.0. The summed E-state index contributed by atoms with van der Waals surface area (Å²) in [6.07, 6.45) is 1.55. The van der Waals surface area contributed by atoms with Crippen molar-refractivity contribution in [2.24, 2.45) is 5.73 Å². The summed E-state index contributed by atoms with van der Waals surface area (Å²) < 4.78 is 0. The Balaban J connectivity index is 2.91. The van der Waals surface area contributed by atoms with Crippen LogP contribution in [0.1, 0.15) is 45.2 Å². The van der Waals surface area contributed by atoms with E-state index in [4.69, 9.17) is 17.3 Å². The second-order valence-electron chi connectivity index (χ2n) is 5.28. The largest absolute Gasteiger partial charge is 0.337 e. The minimum absolute atomic E-state index is 0.0539. The summed E-state index contributed by atoms with van der Waals surface area (Å²) in [5.74, 6) is -0.0539. The Kier molecular flexibility index (Phi) is 5.39. The quantitative estimate of drug-likeness (QED) is 0.900. The maximum Gasteiger partial charge on any atom is 0.242 e. The molecule has 4 heteroatoms. The molecule has 0 heterocycles. The van der Waals surface area contributed by atoms with E-state index in [0.29, 0.717) is 11.4 Å². The molecule has 2 atom stereocenters. The molecule has 2 unspecified atom stereocenters. The van der Waals surface area contributed by atoms with Gasteiger partial charge in [-0.2, -0.15) is 0 Å². The zero-order chi connectivity index (χ0) is 14.6. The van der Waals surface area contributed by atoms with E-state index in [1.165, 1.54) is 0 Å². The topological polar surface area (TPSA) is 46.3 Å². The number of rotatable bonds is 5. The van der Waals surface area contributed by atoms with Gasteiger partial charge in [-0.25, -0.2) is 0 Å². The number of hydrogen-bond donors (Lipinski definition) is 1. The van der Waals surface area contributed by atoms with Crippen LogP contribution in [0.4, 0.5) is 0 Å². The number of nitrogens with two attached hydrogens (primary N) is 1. The number of carbonyl (C=O) groups is 1. The minimum atomic E-state index is -0.820. The standard InChI is InChI=1S/C15H23ClN2O/c1-5-10-15(3,17)14(19)18(4)11(2)12-8-6-7-9-13(12)16/h6-9,11H,5,10,17H2,1-4H3. The van der Waals surface area contributed by atoms with Crippen molar-refractivity contribution in [1.29, 1.82) is 0 Å². The Bertz CT molecular complexity index is 446. The first-order valence-electron chi connectivity index (χ1n) is 6.61. The summed E-state index contributed by atoms with van der Waals surface area (Å²) in [6.45, 7) is 5.77. The highest BCUT2D eigenvalue weighted by Gasteiger charge is 2.32. The monoisotopic (exact) mass is 282 g/mol. The number of halogens is 1. The summed E-state index contributed by atoms with van der Waals surface area (Å²) in [5, 5.41) is 0.670. The highest BCUT2D eigenvalue weighted by atomic mass is 35.5. The Morgan fingerprint density at radius 1 is 1.47 bits per heavy atom. The predicted molar refractivity (Wildman–Crippen MR) is 80.1 cm³/mol. The zero-order valence-corrected chi connectivity index (χ0v) is 12.9. The van der Waals surface area contributed by atoms with Gasteiger partial charge in [0.25, 0.3) is 0 Å². The van der Waals surface area contributed by atoms with Gasteiger partial charge in [-0.15, -0.1) is 0 Å². The van der Waals surface area contributed by atoms with Crippen LogP contribution in [0, 0.1) is 0 Å². The number of nitrogens with zero attached hydrogens (tertiary/aromatic N) is 1. The molecule has 0 radical (unpaired) electrons. The molecule has 0 fully saturated rings. The van der Waals surface area contributed by atoms with Crippen molar-refractivity contribution in [3.8, 4) is 0 Å². The summed E-state index contributed by atoms with van der Waals surface area (Å²) in [5.41, 5.74) is 6.22. The lowest BCUT2D eigenvalue weighted by molar-refractivity contribution is -0.137. The second-order valence-corrected chi connectivity index (χ2v) is 5.69. The Hall–Kier alpha value is -1.06. The molecule has 1 aromatic carbocycles. The van der Waals surface area contributed by atoms with Gasteiger partial charge < -0.3 is 10.6 Å². The van der Waals surface area contributed by atoms with E-state index in [9.17, 15) is 4.79 Å². The van der Waals surface area contributed by atoms with Gasteiger partial charge in [-0.3, -0.25) is 4.79 Å². The molecule has 0 saturated heterocycles. The second kappa shape index (κ2) is 6.40. The van der Waals surface area contributed by atoms with Crippen LogP contribution in [0.25, 0.3) is 0 Å². The Morgan fingerprint density at radius 3 is 2.58 bits per heavy atom. The van der Waals surface area contributed by atoms with Crippen molar-refractivity contribution in [2.45, 2.75) is 45.2 Å². The van der Waals surface area contributed by atoms with Crippen LogP contribution in [0.2, 0.25) is 5.02 Å². The fraction of sp³-hybridized carbons (Fsp3) is 0.533. The molecule has 0 bridgehead atoms. The van der Waals surface area contributed by atoms with E-state index >= 15 is 0 Å². The molecule has 0 aromatic heterocycles. The van der Waals surface area contributed by atoms with E-state index < -0.39 is 5.54 Å². The fourth-order valence-electron chi connectivity index (χ4n) is 2.23. The molecule has 3 nitrogen and oxygen atoms in total. The van der Waals surface area contributed by atoms with Gasteiger partial charge in [0.2, 0.25) is 5.91 Å².